The van der Waals surface area contributed by atoms with Gasteiger partial charge in [0, 0.05) is 27.2 Å². The van der Waals surface area contributed by atoms with Gasteiger partial charge < -0.3 is 20.3 Å². The number of hydrogen-bond acceptors (Lipinski definition) is 3. The summed E-state index contributed by atoms with van der Waals surface area (Å²) in [5.41, 5.74) is -0.507. The number of likely N-dealkylation sites (N-methyl/N-ethyl adjacent to an activating group) is 1. The van der Waals surface area contributed by atoms with Crippen molar-refractivity contribution in [1.82, 2.24) is 15.5 Å². The van der Waals surface area contributed by atoms with E-state index in [1.807, 2.05) is 63.1 Å². The van der Waals surface area contributed by atoms with Crippen molar-refractivity contribution >= 4 is 11.9 Å². The van der Waals surface area contributed by atoms with E-state index in [2.05, 4.69) is 15.6 Å². The van der Waals surface area contributed by atoms with E-state index in [0.29, 0.717) is 26.2 Å². The molecule has 0 aliphatic heterocycles. The first-order chi connectivity index (χ1) is 11.4. The Balaban J connectivity index is 2.43. The normalized spacial score (nSPS) is 11.8. The maximum absolute atomic E-state index is 12.0. The third-order valence-corrected chi connectivity index (χ3v) is 3.65. The quantitative estimate of drug-likeness (QED) is 0.561. The molecule has 0 heterocycles. The molecule has 0 aliphatic carbocycles. The van der Waals surface area contributed by atoms with Crippen molar-refractivity contribution in [2.45, 2.75) is 20.8 Å². The molecular weight excluding hydrogens is 304 g/mol. The van der Waals surface area contributed by atoms with Crippen LogP contribution in [0.1, 0.15) is 20.8 Å². The summed E-state index contributed by atoms with van der Waals surface area (Å²) in [5, 5.41) is 6.11. The number of para-hydroxylation sites is 1. The number of guanidine groups is 1. The lowest BCUT2D eigenvalue weighted by Crippen LogP contribution is -2.48. The molecule has 1 rings (SSSR count). The van der Waals surface area contributed by atoms with Crippen LogP contribution in [0, 0.1) is 5.41 Å². The minimum Gasteiger partial charge on any atom is -0.492 e. The highest BCUT2D eigenvalue weighted by atomic mass is 16.5. The van der Waals surface area contributed by atoms with Crippen LogP contribution in [0.5, 0.6) is 5.75 Å². The fourth-order valence-corrected chi connectivity index (χ4v) is 2.09. The number of benzene rings is 1. The third kappa shape index (κ3) is 6.48. The monoisotopic (exact) mass is 334 g/mol. The highest BCUT2D eigenvalue weighted by Gasteiger charge is 2.27. The van der Waals surface area contributed by atoms with E-state index in [-0.39, 0.29) is 5.91 Å². The first kappa shape index (κ1) is 19.8. The summed E-state index contributed by atoms with van der Waals surface area (Å²) in [6.45, 7) is 8.13. The van der Waals surface area contributed by atoms with E-state index in [9.17, 15) is 4.79 Å². The van der Waals surface area contributed by atoms with Crippen LogP contribution in [0.25, 0.3) is 0 Å². The summed E-state index contributed by atoms with van der Waals surface area (Å²) < 4.78 is 5.70. The molecule has 0 bridgehead atoms. The van der Waals surface area contributed by atoms with Crippen molar-refractivity contribution < 1.29 is 9.53 Å². The fourth-order valence-electron chi connectivity index (χ4n) is 2.09. The second-order valence-electron chi connectivity index (χ2n) is 6.23. The number of aliphatic imine (C=N–C) groups is 1. The standard InChI is InChI=1S/C18H30N4O2/c1-6-20-16(23)18(2,3)14-21-17(19-4)22(5)12-13-24-15-10-8-7-9-11-15/h7-11H,6,12-14H2,1-5H3,(H,19,21)(H,20,23). The minimum atomic E-state index is -0.507. The Bertz CT molecular complexity index is 529. The molecule has 0 atom stereocenters. The topological polar surface area (TPSA) is 66.0 Å². The van der Waals surface area contributed by atoms with Crippen molar-refractivity contribution in [2.24, 2.45) is 10.4 Å². The van der Waals surface area contributed by atoms with Crippen LogP contribution in [-0.4, -0.2) is 57.1 Å². The zero-order valence-electron chi connectivity index (χ0n) is 15.4. The predicted molar refractivity (Wildman–Crippen MR) is 98.4 cm³/mol. The average molecular weight is 334 g/mol. The van der Waals surface area contributed by atoms with Gasteiger partial charge in [-0.25, -0.2) is 0 Å². The first-order valence-corrected chi connectivity index (χ1v) is 8.28. The molecule has 1 aromatic rings. The predicted octanol–water partition coefficient (Wildman–Crippen LogP) is 1.73. The molecule has 134 valence electrons. The average Bonchev–Trinajstić information content (AvgIpc) is 2.56. The van der Waals surface area contributed by atoms with Gasteiger partial charge in [0.05, 0.1) is 12.0 Å². The van der Waals surface area contributed by atoms with Gasteiger partial charge in [-0.1, -0.05) is 18.2 Å². The molecule has 0 spiro atoms. The number of carbonyl (C=O) groups excluding carboxylic acids is 1. The summed E-state index contributed by atoms with van der Waals surface area (Å²) in [5.74, 6) is 1.62. The van der Waals surface area contributed by atoms with Crippen molar-refractivity contribution in [3.63, 3.8) is 0 Å². The Morgan fingerprint density at radius 3 is 2.50 bits per heavy atom. The number of carbonyl (C=O) groups is 1. The summed E-state index contributed by atoms with van der Waals surface area (Å²) >= 11 is 0. The Morgan fingerprint density at radius 1 is 1.25 bits per heavy atom. The lowest BCUT2D eigenvalue weighted by Gasteiger charge is -2.28. The number of ether oxygens (including phenoxy) is 1. The SMILES string of the molecule is CCNC(=O)C(C)(C)CNC(=NC)N(C)CCOc1ccccc1. The zero-order valence-corrected chi connectivity index (χ0v) is 15.4. The largest absolute Gasteiger partial charge is 0.492 e. The van der Waals surface area contributed by atoms with E-state index >= 15 is 0 Å². The molecule has 0 unspecified atom stereocenters. The smallest absolute Gasteiger partial charge is 0.227 e. The molecule has 0 fully saturated rings. The molecular formula is C18H30N4O2. The molecule has 0 aromatic heterocycles. The van der Waals surface area contributed by atoms with E-state index in [1.165, 1.54) is 0 Å². The molecule has 0 saturated carbocycles. The third-order valence-electron chi connectivity index (χ3n) is 3.65. The van der Waals surface area contributed by atoms with Crippen LogP contribution in [0.15, 0.2) is 35.3 Å². The molecule has 2 N–H and O–H groups in total. The molecule has 1 aromatic carbocycles. The maximum Gasteiger partial charge on any atom is 0.227 e. The van der Waals surface area contributed by atoms with Crippen LogP contribution < -0.4 is 15.4 Å². The van der Waals surface area contributed by atoms with Crippen molar-refractivity contribution in [3.8, 4) is 5.75 Å². The second-order valence-corrected chi connectivity index (χ2v) is 6.23. The van der Waals surface area contributed by atoms with Gasteiger partial charge in [0.25, 0.3) is 0 Å². The summed E-state index contributed by atoms with van der Waals surface area (Å²) in [6, 6.07) is 9.72. The Hall–Kier alpha value is -2.24. The molecule has 1 amide bonds. The van der Waals surface area contributed by atoms with Crippen LogP contribution >= 0.6 is 0 Å². The van der Waals surface area contributed by atoms with Crippen molar-refractivity contribution in [3.05, 3.63) is 30.3 Å². The van der Waals surface area contributed by atoms with E-state index in [1.54, 1.807) is 7.05 Å². The molecule has 0 radical (unpaired) electrons. The van der Waals surface area contributed by atoms with E-state index in [4.69, 9.17) is 4.74 Å². The number of rotatable bonds is 8. The molecule has 6 heteroatoms. The Kier molecular flexibility index (Phi) is 8.09. The van der Waals surface area contributed by atoms with Crippen LogP contribution in [0.2, 0.25) is 0 Å². The van der Waals surface area contributed by atoms with Gasteiger partial charge in [0.1, 0.15) is 12.4 Å². The van der Waals surface area contributed by atoms with Gasteiger partial charge in [0.15, 0.2) is 5.96 Å². The Labute approximate surface area is 145 Å². The van der Waals surface area contributed by atoms with E-state index < -0.39 is 5.41 Å². The van der Waals surface area contributed by atoms with Gasteiger partial charge in [0.2, 0.25) is 5.91 Å². The van der Waals surface area contributed by atoms with E-state index in [0.717, 1.165) is 11.7 Å². The minimum absolute atomic E-state index is 0.0306. The van der Waals surface area contributed by atoms with Crippen molar-refractivity contribution in [2.75, 3.05) is 40.3 Å². The first-order valence-electron chi connectivity index (χ1n) is 8.28. The Morgan fingerprint density at radius 2 is 1.92 bits per heavy atom. The van der Waals surface area contributed by atoms with Gasteiger partial charge in [-0.3, -0.25) is 9.79 Å². The summed E-state index contributed by atoms with van der Waals surface area (Å²) in [7, 11) is 3.68. The molecule has 24 heavy (non-hydrogen) atoms. The molecule has 6 nitrogen and oxygen atoms in total. The number of hydrogen-bond donors (Lipinski definition) is 2. The van der Waals surface area contributed by atoms with Crippen LogP contribution in [0.3, 0.4) is 0 Å². The lowest BCUT2D eigenvalue weighted by molar-refractivity contribution is -0.128. The number of nitrogens with one attached hydrogen (secondary N) is 2. The van der Waals surface area contributed by atoms with Crippen molar-refractivity contribution in [1.29, 1.82) is 0 Å². The fraction of sp³-hybridized carbons (Fsp3) is 0.556. The molecule has 0 saturated heterocycles. The number of nitrogens with zero attached hydrogens (tertiary/aromatic N) is 2. The van der Waals surface area contributed by atoms with Crippen LogP contribution in [0.4, 0.5) is 0 Å². The second kappa shape index (κ2) is 9.80. The zero-order chi connectivity index (χ0) is 18.0. The van der Waals surface area contributed by atoms with Gasteiger partial charge in [-0.2, -0.15) is 0 Å². The lowest BCUT2D eigenvalue weighted by atomic mass is 9.92. The van der Waals surface area contributed by atoms with Crippen LogP contribution in [-0.2, 0) is 4.79 Å². The van der Waals surface area contributed by atoms with Gasteiger partial charge >= 0.3 is 0 Å². The van der Waals surface area contributed by atoms with Gasteiger partial charge in [-0.05, 0) is 32.9 Å². The molecule has 0 aliphatic rings. The highest BCUT2D eigenvalue weighted by Crippen LogP contribution is 2.13. The summed E-state index contributed by atoms with van der Waals surface area (Å²) in [4.78, 5) is 18.3. The maximum atomic E-state index is 12.0. The van der Waals surface area contributed by atoms with Gasteiger partial charge in [-0.15, -0.1) is 0 Å². The highest BCUT2D eigenvalue weighted by molar-refractivity contribution is 5.84. The summed E-state index contributed by atoms with van der Waals surface area (Å²) in [6.07, 6.45) is 0. The number of amides is 1.